The molecule has 0 amide bonds. The van der Waals surface area contributed by atoms with E-state index >= 15 is 0 Å². The molecule has 2 rings (SSSR count). The van der Waals surface area contributed by atoms with E-state index in [1.54, 1.807) is 0 Å². The van der Waals surface area contributed by atoms with Crippen LogP contribution in [-0.4, -0.2) is 25.4 Å². The predicted octanol–water partition coefficient (Wildman–Crippen LogP) is 2.00. The van der Waals surface area contributed by atoms with Crippen molar-refractivity contribution < 1.29 is 9.47 Å². The molecule has 4 atom stereocenters. The highest BCUT2D eigenvalue weighted by Crippen LogP contribution is 2.42. The van der Waals surface area contributed by atoms with Crippen LogP contribution in [0.15, 0.2) is 12.7 Å². The molecule has 2 nitrogen and oxygen atoms in total. The maximum atomic E-state index is 5.51. The van der Waals surface area contributed by atoms with Gasteiger partial charge < -0.3 is 9.47 Å². The summed E-state index contributed by atoms with van der Waals surface area (Å²) in [5, 5.41) is 0. The molecule has 1 aliphatic heterocycles. The van der Waals surface area contributed by atoms with Crippen LogP contribution in [0.4, 0.5) is 0 Å². The van der Waals surface area contributed by atoms with Crippen LogP contribution in [-0.2, 0) is 9.47 Å². The fourth-order valence-electron chi connectivity index (χ4n) is 2.22. The number of epoxide rings is 1. The highest BCUT2D eigenvalue weighted by molar-refractivity contribution is 4.94. The largest absolute Gasteiger partial charge is 0.377 e. The summed E-state index contributed by atoms with van der Waals surface area (Å²) < 4.78 is 11.0. The molecule has 0 aromatic carbocycles. The minimum Gasteiger partial charge on any atom is -0.377 e. The van der Waals surface area contributed by atoms with Gasteiger partial charge in [-0.3, -0.25) is 0 Å². The van der Waals surface area contributed by atoms with Crippen LogP contribution in [0.3, 0.4) is 0 Å². The summed E-state index contributed by atoms with van der Waals surface area (Å²) in [6.07, 6.45) is 5.39. The van der Waals surface area contributed by atoms with E-state index in [9.17, 15) is 0 Å². The smallest absolute Gasteiger partial charge is 0.0845 e. The van der Waals surface area contributed by atoms with Crippen molar-refractivity contribution in [1.82, 2.24) is 0 Å². The molecule has 13 heavy (non-hydrogen) atoms. The third-order valence-electron chi connectivity index (χ3n) is 3.20. The Kier molecular flexibility index (Phi) is 2.70. The highest BCUT2D eigenvalue weighted by atomic mass is 16.6. The lowest BCUT2D eigenvalue weighted by Gasteiger charge is -2.25. The number of hydrogen-bond donors (Lipinski definition) is 0. The van der Waals surface area contributed by atoms with Crippen LogP contribution >= 0.6 is 0 Å². The van der Waals surface area contributed by atoms with Gasteiger partial charge in [-0.05, 0) is 24.7 Å². The van der Waals surface area contributed by atoms with Gasteiger partial charge in [0.15, 0.2) is 0 Å². The molecule has 0 spiro atoms. The third-order valence-corrected chi connectivity index (χ3v) is 3.20. The van der Waals surface area contributed by atoms with Crippen LogP contribution < -0.4 is 0 Å². The summed E-state index contributed by atoms with van der Waals surface area (Å²) in [4.78, 5) is 0. The molecular formula is C11H18O2. The Morgan fingerprint density at radius 1 is 1.46 bits per heavy atom. The van der Waals surface area contributed by atoms with E-state index in [0.29, 0.717) is 24.7 Å². The quantitative estimate of drug-likeness (QED) is 0.377. The zero-order valence-corrected chi connectivity index (χ0v) is 8.24. The molecule has 1 saturated heterocycles. The molecule has 0 bridgehead atoms. The molecule has 74 valence electrons. The highest BCUT2D eigenvalue weighted by Gasteiger charge is 2.46. The van der Waals surface area contributed by atoms with Crippen molar-refractivity contribution in [2.75, 3.05) is 13.2 Å². The molecule has 4 unspecified atom stereocenters. The zero-order valence-electron chi connectivity index (χ0n) is 8.24. The molecular weight excluding hydrogens is 164 g/mol. The Balaban J connectivity index is 1.73. The number of fused-ring (bicyclic) bond motifs is 1. The van der Waals surface area contributed by atoms with Gasteiger partial charge >= 0.3 is 0 Å². The Labute approximate surface area is 79.9 Å². The van der Waals surface area contributed by atoms with Gasteiger partial charge in [0.2, 0.25) is 0 Å². The molecule has 1 saturated carbocycles. The molecule has 1 aliphatic carbocycles. The second-order valence-electron chi connectivity index (χ2n) is 4.25. The summed E-state index contributed by atoms with van der Waals surface area (Å²) in [5.41, 5.74) is 0. The third kappa shape index (κ3) is 2.12. The van der Waals surface area contributed by atoms with Crippen molar-refractivity contribution in [2.45, 2.75) is 32.0 Å². The lowest BCUT2D eigenvalue weighted by molar-refractivity contribution is 0.0861. The van der Waals surface area contributed by atoms with Gasteiger partial charge in [0.05, 0.1) is 25.4 Å². The SMILES string of the molecule is C=CCOCC1CC2OC2CC1C. The molecule has 2 fully saturated rings. The van der Waals surface area contributed by atoms with E-state index in [-0.39, 0.29) is 0 Å². The first kappa shape index (κ1) is 9.22. The van der Waals surface area contributed by atoms with E-state index in [4.69, 9.17) is 9.47 Å². The second-order valence-corrected chi connectivity index (χ2v) is 4.25. The molecule has 0 radical (unpaired) electrons. The lowest BCUT2D eigenvalue weighted by atomic mass is 9.81. The first-order valence-electron chi connectivity index (χ1n) is 5.15. The lowest BCUT2D eigenvalue weighted by Crippen LogP contribution is -2.26. The van der Waals surface area contributed by atoms with Gasteiger partial charge in [0.1, 0.15) is 0 Å². The number of rotatable bonds is 4. The Morgan fingerprint density at radius 3 is 3.00 bits per heavy atom. The monoisotopic (exact) mass is 182 g/mol. The fourth-order valence-corrected chi connectivity index (χ4v) is 2.22. The standard InChI is InChI=1S/C11H18O2/c1-3-4-12-7-9-6-11-10(13-11)5-8(9)2/h3,8-11H,1,4-7H2,2H3. The molecule has 0 N–H and O–H groups in total. The van der Waals surface area contributed by atoms with Crippen molar-refractivity contribution in [3.05, 3.63) is 12.7 Å². The maximum absolute atomic E-state index is 5.51. The van der Waals surface area contributed by atoms with E-state index < -0.39 is 0 Å². The van der Waals surface area contributed by atoms with Gasteiger partial charge in [-0.15, -0.1) is 6.58 Å². The van der Waals surface area contributed by atoms with Gasteiger partial charge in [0, 0.05) is 0 Å². The summed E-state index contributed by atoms with van der Waals surface area (Å²) in [6.45, 7) is 7.49. The van der Waals surface area contributed by atoms with Crippen molar-refractivity contribution >= 4 is 0 Å². The summed E-state index contributed by atoms with van der Waals surface area (Å²) in [6, 6.07) is 0. The molecule has 2 aliphatic rings. The van der Waals surface area contributed by atoms with Crippen molar-refractivity contribution in [1.29, 1.82) is 0 Å². The number of ether oxygens (including phenoxy) is 2. The fraction of sp³-hybridized carbons (Fsp3) is 0.818. The first-order valence-corrected chi connectivity index (χ1v) is 5.15. The van der Waals surface area contributed by atoms with Crippen LogP contribution in [0, 0.1) is 11.8 Å². The van der Waals surface area contributed by atoms with Crippen LogP contribution in [0.2, 0.25) is 0 Å². The minimum absolute atomic E-state index is 0.563. The van der Waals surface area contributed by atoms with Crippen LogP contribution in [0.1, 0.15) is 19.8 Å². The van der Waals surface area contributed by atoms with Crippen molar-refractivity contribution in [2.24, 2.45) is 11.8 Å². The maximum Gasteiger partial charge on any atom is 0.0845 e. The average molecular weight is 182 g/mol. The topological polar surface area (TPSA) is 21.8 Å². The van der Waals surface area contributed by atoms with Gasteiger partial charge in [-0.1, -0.05) is 13.0 Å². The normalized spacial score (nSPS) is 42.5. The molecule has 0 aromatic heterocycles. The van der Waals surface area contributed by atoms with Gasteiger partial charge in [-0.2, -0.15) is 0 Å². The van der Waals surface area contributed by atoms with Gasteiger partial charge in [-0.25, -0.2) is 0 Å². The minimum atomic E-state index is 0.563. The summed E-state index contributed by atoms with van der Waals surface area (Å²) in [5.74, 6) is 1.46. The Hall–Kier alpha value is -0.340. The van der Waals surface area contributed by atoms with E-state index in [2.05, 4.69) is 13.5 Å². The first-order chi connectivity index (χ1) is 6.31. The number of hydrogen-bond acceptors (Lipinski definition) is 2. The predicted molar refractivity (Wildman–Crippen MR) is 51.6 cm³/mol. The molecule has 0 aromatic rings. The molecule has 2 heteroatoms. The second kappa shape index (κ2) is 3.81. The van der Waals surface area contributed by atoms with Crippen molar-refractivity contribution in [3.63, 3.8) is 0 Å². The van der Waals surface area contributed by atoms with E-state index in [1.807, 2.05) is 6.08 Å². The zero-order chi connectivity index (χ0) is 9.26. The Bertz CT molecular complexity index is 191. The Morgan fingerprint density at radius 2 is 2.23 bits per heavy atom. The summed E-state index contributed by atoms with van der Waals surface area (Å²) >= 11 is 0. The average Bonchev–Trinajstić information content (AvgIpc) is 2.83. The van der Waals surface area contributed by atoms with Crippen LogP contribution in [0.25, 0.3) is 0 Å². The van der Waals surface area contributed by atoms with Crippen molar-refractivity contribution in [3.8, 4) is 0 Å². The molecule has 1 heterocycles. The van der Waals surface area contributed by atoms with Crippen LogP contribution in [0.5, 0.6) is 0 Å². The van der Waals surface area contributed by atoms with E-state index in [0.717, 1.165) is 12.5 Å². The van der Waals surface area contributed by atoms with Gasteiger partial charge in [0.25, 0.3) is 0 Å². The van der Waals surface area contributed by atoms with E-state index in [1.165, 1.54) is 12.8 Å². The summed E-state index contributed by atoms with van der Waals surface area (Å²) in [7, 11) is 0.